The van der Waals surface area contributed by atoms with Gasteiger partial charge in [-0.05, 0) is 68.7 Å². The van der Waals surface area contributed by atoms with Crippen molar-refractivity contribution < 1.29 is 19.4 Å². The molecule has 126 valence electrons. The molecule has 23 heavy (non-hydrogen) atoms. The van der Waals surface area contributed by atoms with Gasteiger partial charge in [-0.1, -0.05) is 12.1 Å². The van der Waals surface area contributed by atoms with Crippen molar-refractivity contribution in [3.63, 3.8) is 0 Å². The van der Waals surface area contributed by atoms with E-state index in [9.17, 15) is 9.59 Å². The quantitative estimate of drug-likeness (QED) is 0.596. The molecule has 0 radical (unpaired) electrons. The molecular formula is C18H25NO4. The fraction of sp³-hybridized carbons (Fsp3) is 0.556. The van der Waals surface area contributed by atoms with Crippen LogP contribution in [0.25, 0.3) is 0 Å². The van der Waals surface area contributed by atoms with Crippen molar-refractivity contribution in [2.24, 2.45) is 17.6 Å². The number of aryl methyl sites for hydroxylation is 1. The second-order valence-electron chi connectivity index (χ2n) is 6.25. The third-order valence-corrected chi connectivity index (χ3v) is 4.52. The molecule has 0 heterocycles. The zero-order chi connectivity index (χ0) is 16.7. The minimum atomic E-state index is -0.814. The van der Waals surface area contributed by atoms with E-state index >= 15 is 0 Å². The highest BCUT2D eigenvalue weighted by atomic mass is 16.5. The summed E-state index contributed by atoms with van der Waals surface area (Å²) in [6, 6.07) is 7.08. The molecule has 2 rings (SSSR count). The number of carbonyl (C=O) groups is 2. The minimum absolute atomic E-state index is 0.0179. The van der Waals surface area contributed by atoms with Crippen molar-refractivity contribution in [1.82, 2.24) is 0 Å². The Hall–Kier alpha value is -1.88. The minimum Gasteiger partial charge on any atom is -0.481 e. The van der Waals surface area contributed by atoms with Crippen molar-refractivity contribution in [2.45, 2.75) is 44.9 Å². The average molecular weight is 319 g/mol. The highest BCUT2D eigenvalue weighted by molar-refractivity contribution is 5.75. The van der Waals surface area contributed by atoms with Crippen LogP contribution in [0.3, 0.4) is 0 Å². The Bertz CT molecular complexity index is 518. The van der Waals surface area contributed by atoms with Crippen LogP contribution >= 0.6 is 0 Å². The van der Waals surface area contributed by atoms with Crippen molar-refractivity contribution in [2.75, 3.05) is 6.54 Å². The molecule has 3 N–H and O–H groups in total. The first-order valence-electron chi connectivity index (χ1n) is 8.31. The molecule has 0 atom stereocenters. The van der Waals surface area contributed by atoms with E-state index in [2.05, 4.69) is 0 Å². The second-order valence-corrected chi connectivity index (χ2v) is 6.25. The van der Waals surface area contributed by atoms with Crippen LogP contribution in [0.1, 0.15) is 44.1 Å². The van der Waals surface area contributed by atoms with E-state index < -0.39 is 5.97 Å². The van der Waals surface area contributed by atoms with Crippen LogP contribution < -0.4 is 10.5 Å². The summed E-state index contributed by atoms with van der Waals surface area (Å²) in [5, 5.41) is 8.67. The van der Waals surface area contributed by atoms with Crippen LogP contribution in [0.2, 0.25) is 0 Å². The zero-order valence-corrected chi connectivity index (χ0v) is 13.4. The van der Waals surface area contributed by atoms with Crippen molar-refractivity contribution in [3.8, 4) is 5.75 Å². The summed E-state index contributed by atoms with van der Waals surface area (Å²) in [4.78, 5) is 22.8. The van der Waals surface area contributed by atoms with Crippen molar-refractivity contribution in [3.05, 3.63) is 29.8 Å². The van der Waals surface area contributed by atoms with E-state index in [1.807, 2.05) is 12.1 Å². The summed E-state index contributed by atoms with van der Waals surface area (Å²) in [5.41, 5.74) is 6.51. The number of hydrogen-bond acceptors (Lipinski definition) is 4. The van der Waals surface area contributed by atoms with Gasteiger partial charge in [0.2, 0.25) is 0 Å². The second kappa shape index (κ2) is 8.67. The predicted molar refractivity (Wildman–Crippen MR) is 87.2 cm³/mol. The summed E-state index contributed by atoms with van der Waals surface area (Å²) in [7, 11) is 0. The molecule has 0 amide bonds. The van der Waals surface area contributed by atoms with Gasteiger partial charge >= 0.3 is 11.9 Å². The summed E-state index contributed by atoms with van der Waals surface area (Å²) < 4.78 is 5.45. The van der Waals surface area contributed by atoms with E-state index in [0.29, 0.717) is 24.6 Å². The van der Waals surface area contributed by atoms with E-state index in [0.717, 1.165) is 37.7 Å². The molecule has 0 unspecified atom stereocenters. The molecule has 1 fully saturated rings. The van der Waals surface area contributed by atoms with Gasteiger partial charge < -0.3 is 15.6 Å². The monoisotopic (exact) mass is 319 g/mol. The lowest BCUT2D eigenvalue weighted by Crippen LogP contribution is -2.26. The van der Waals surface area contributed by atoms with Gasteiger partial charge in [-0.25, -0.2) is 0 Å². The van der Waals surface area contributed by atoms with Crippen LogP contribution in [-0.2, 0) is 16.0 Å². The average Bonchev–Trinajstić information content (AvgIpc) is 2.55. The third-order valence-electron chi connectivity index (χ3n) is 4.52. The number of carboxylic acid groups (broad SMARTS) is 1. The first-order valence-corrected chi connectivity index (χ1v) is 8.31. The predicted octanol–water partition coefficient (Wildman–Crippen LogP) is 2.76. The van der Waals surface area contributed by atoms with Crippen molar-refractivity contribution in [1.29, 1.82) is 0 Å². The Labute approximate surface area is 136 Å². The number of carboxylic acids is 1. The Kier molecular flexibility index (Phi) is 6.59. The van der Waals surface area contributed by atoms with E-state index in [-0.39, 0.29) is 18.3 Å². The molecule has 0 bridgehead atoms. The Morgan fingerprint density at radius 2 is 1.78 bits per heavy atom. The number of rotatable bonds is 7. The Morgan fingerprint density at radius 3 is 2.35 bits per heavy atom. The van der Waals surface area contributed by atoms with Crippen LogP contribution in [0, 0.1) is 11.8 Å². The maximum atomic E-state index is 12.2. The Balaban J connectivity index is 1.80. The van der Waals surface area contributed by atoms with Gasteiger partial charge in [-0.15, -0.1) is 0 Å². The fourth-order valence-electron chi connectivity index (χ4n) is 3.10. The summed E-state index contributed by atoms with van der Waals surface area (Å²) in [5.74, 6) is 0.187. The molecule has 5 nitrogen and oxygen atoms in total. The lowest BCUT2D eigenvalue weighted by molar-refractivity contribution is -0.140. The number of nitrogens with two attached hydrogens (primary N) is 1. The Morgan fingerprint density at radius 1 is 1.13 bits per heavy atom. The van der Waals surface area contributed by atoms with Gasteiger partial charge in [0.05, 0.1) is 5.92 Å². The largest absolute Gasteiger partial charge is 0.481 e. The SMILES string of the molecule is NCC[C@H]1CC[C@H](C(=O)Oc2ccc(CCC(=O)O)cc2)CC1. The lowest BCUT2D eigenvalue weighted by Gasteiger charge is -2.26. The maximum Gasteiger partial charge on any atom is 0.314 e. The van der Waals surface area contributed by atoms with E-state index in [1.165, 1.54) is 0 Å². The number of benzene rings is 1. The molecular weight excluding hydrogens is 294 g/mol. The molecule has 0 spiro atoms. The molecule has 0 aliphatic heterocycles. The van der Waals surface area contributed by atoms with Gasteiger partial charge in [0, 0.05) is 6.42 Å². The van der Waals surface area contributed by atoms with Gasteiger partial charge in [0.25, 0.3) is 0 Å². The summed E-state index contributed by atoms with van der Waals surface area (Å²) in [6.45, 7) is 0.716. The molecule has 1 saturated carbocycles. The molecule has 5 heteroatoms. The summed E-state index contributed by atoms with van der Waals surface area (Å²) >= 11 is 0. The summed E-state index contributed by atoms with van der Waals surface area (Å²) in [6.07, 6.45) is 5.47. The smallest absolute Gasteiger partial charge is 0.314 e. The molecule has 1 aromatic rings. The molecule has 1 aliphatic carbocycles. The first-order chi connectivity index (χ1) is 11.1. The number of aliphatic carboxylic acids is 1. The van der Waals surface area contributed by atoms with E-state index in [4.69, 9.17) is 15.6 Å². The van der Waals surface area contributed by atoms with Gasteiger partial charge in [0.15, 0.2) is 0 Å². The molecule has 0 saturated heterocycles. The van der Waals surface area contributed by atoms with Crippen LogP contribution in [0.5, 0.6) is 5.75 Å². The zero-order valence-electron chi connectivity index (χ0n) is 13.4. The van der Waals surface area contributed by atoms with Gasteiger partial charge in [0.1, 0.15) is 5.75 Å². The number of carbonyl (C=O) groups excluding carboxylic acids is 1. The first kappa shape index (κ1) is 17.5. The van der Waals surface area contributed by atoms with Crippen molar-refractivity contribution >= 4 is 11.9 Å². The molecule has 0 aromatic heterocycles. The highest BCUT2D eigenvalue weighted by Crippen LogP contribution is 2.31. The highest BCUT2D eigenvalue weighted by Gasteiger charge is 2.27. The maximum absolute atomic E-state index is 12.2. The van der Waals surface area contributed by atoms with Crippen LogP contribution in [0.15, 0.2) is 24.3 Å². The van der Waals surface area contributed by atoms with Gasteiger partial charge in [-0.3, -0.25) is 9.59 Å². The number of ether oxygens (including phenoxy) is 1. The standard InChI is InChI=1S/C18H25NO4/c19-12-11-14-1-6-15(7-2-14)18(22)23-16-8-3-13(4-9-16)5-10-17(20)21/h3-4,8-9,14-15H,1-2,5-7,10-12,19H2,(H,20,21)/t14-,15-. The molecule has 1 aliphatic rings. The van der Waals surface area contributed by atoms with Crippen LogP contribution in [-0.4, -0.2) is 23.6 Å². The van der Waals surface area contributed by atoms with E-state index in [1.54, 1.807) is 12.1 Å². The van der Waals surface area contributed by atoms with Crippen LogP contribution in [0.4, 0.5) is 0 Å². The number of hydrogen-bond donors (Lipinski definition) is 2. The third kappa shape index (κ3) is 5.67. The fourth-order valence-corrected chi connectivity index (χ4v) is 3.10. The topological polar surface area (TPSA) is 89.6 Å². The van der Waals surface area contributed by atoms with Gasteiger partial charge in [-0.2, -0.15) is 0 Å². The lowest BCUT2D eigenvalue weighted by atomic mass is 9.80. The normalized spacial score (nSPS) is 20.9. The number of esters is 1. The molecule has 1 aromatic carbocycles.